The minimum Gasteiger partial charge on any atom is -0.457 e. The average molecular weight is 573 g/mol. The predicted molar refractivity (Wildman–Crippen MR) is 149 cm³/mol. The third-order valence-electron chi connectivity index (χ3n) is 7.80. The van der Waals surface area contributed by atoms with Gasteiger partial charge in [-0.05, 0) is 42.7 Å². The lowest BCUT2D eigenvalue weighted by atomic mass is 9.85. The van der Waals surface area contributed by atoms with Crippen molar-refractivity contribution in [2.24, 2.45) is 0 Å². The summed E-state index contributed by atoms with van der Waals surface area (Å²) in [7, 11) is 0. The van der Waals surface area contributed by atoms with Gasteiger partial charge in [0.25, 0.3) is 11.2 Å². The minimum atomic E-state index is -1.79. The van der Waals surface area contributed by atoms with Crippen LogP contribution in [0, 0.1) is 15.9 Å². The lowest BCUT2D eigenvalue weighted by Gasteiger charge is -2.35. The number of nitrogens with one attached hydrogen (secondary N) is 1. The van der Waals surface area contributed by atoms with E-state index in [9.17, 15) is 28.9 Å². The molecule has 1 N–H and O–H groups in total. The van der Waals surface area contributed by atoms with Crippen molar-refractivity contribution in [1.29, 1.82) is 0 Å². The van der Waals surface area contributed by atoms with Gasteiger partial charge in [0.2, 0.25) is 5.60 Å². The SMILES string of the molecule is CC[C@@]1(OC(C)=O)C(=O)OCc2c1cc1n(c2=O)Cc2c-1nc1cccc([N+](=O)[O-])c1c2NCCc1ccc(F)cc1. The number of nitro groups is 1. The molecule has 42 heavy (non-hydrogen) atoms. The van der Waals surface area contributed by atoms with Crippen molar-refractivity contribution >= 4 is 34.2 Å². The van der Waals surface area contributed by atoms with E-state index in [0.717, 1.165) is 5.56 Å². The van der Waals surface area contributed by atoms with Crippen molar-refractivity contribution in [3.63, 3.8) is 0 Å². The van der Waals surface area contributed by atoms with E-state index < -0.39 is 28.0 Å². The molecule has 0 bridgehead atoms. The Morgan fingerprint density at radius 2 is 1.98 bits per heavy atom. The van der Waals surface area contributed by atoms with Crippen LogP contribution in [-0.2, 0) is 44.2 Å². The summed E-state index contributed by atoms with van der Waals surface area (Å²) in [5.41, 5.74) is 1.10. The molecule has 0 aliphatic carbocycles. The number of fused-ring (bicyclic) bond motifs is 5. The van der Waals surface area contributed by atoms with Crippen LogP contribution in [0.4, 0.5) is 15.8 Å². The highest BCUT2D eigenvalue weighted by Gasteiger charge is 2.50. The molecule has 11 nitrogen and oxygen atoms in total. The standard InChI is InChI=1S/C30H25FN4O7/c1-3-30(42-16(2)36)21-13-24-26-19(14-34(24)28(37)20(21)15-41-29(30)38)27(32-12-11-17-7-9-18(31)10-8-17)25-22(33-26)5-4-6-23(25)35(39)40/h4-10,13H,3,11-12,14-15H2,1-2H3,(H,32,33)/t30-/m0/s1. The summed E-state index contributed by atoms with van der Waals surface area (Å²) in [5, 5.41) is 15.7. The van der Waals surface area contributed by atoms with Crippen molar-refractivity contribution in [2.75, 3.05) is 11.9 Å². The Hall–Kier alpha value is -5.13. The number of hydrogen-bond donors (Lipinski definition) is 1. The van der Waals surface area contributed by atoms with Gasteiger partial charge in [-0.2, -0.15) is 0 Å². The first-order valence-corrected chi connectivity index (χ1v) is 13.4. The zero-order valence-electron chi connectivity index (χ0n) is 22.7. The second kappa shape index (κ2) is 10.1. The van der Waals surface area contributed by atoms with Crippen LogP contribution in [0.2, 0.25) is 0 Å². The average Bonchev–Trinajstić information content (AvgIpc) is 3.33. The van der Waals surface area contributed by atoms with E-state index in [1.54, 1.807) is 31.2 Å². The van der Waals surface area contributed by atoms with Gasteiger partial charge in [0, 0.05) is 30.7 Å². The molecule has 214 valence electrons. The van der Waals surface area contributed by atoms with Crippen LogP contribution in [-0.4, -0.2) is 33.0 Å². The van der Waals surface area contributed by atoms with Crippen molar-refractivity contribution in [1.82, 2.24) is 9.55 Å². The Morgan fingerprint density at radius 3 is 2.67 bits per heavy atom. The zero-order valence-corrected chi connectivity index (χ0v) is 22.7. The fourth-order valence-corrected chi connectivity index (χ4v) is 5.84. The summed E-state index contributed by atoms with van der Waals surface area (Å²) in [6.07, 6.45) is 0.545. The largest absolute Gasteiger partial charge is 0.457 e. The third-order valence-corrected chi connectivity index (χ3v) is 7.80. The number of aromatic nitrogens is 2. The normalized spacial score (nSPS) is 16.8. The first-order valence-electron chi connectivity index (χ1n) is 13.4. The maximum atomic E-state index is 13.8. The number of esters is 2. The highest BCUT2D eigenvalue weighted by atomic mass is 19.1. The van der Waals surface area contributed by atoms with Crippen LogP contribution < -0.4 is 10.9 Å². The highest BCUT2D eigenvalue weighted by Crippen LogP contribution is 2.44. The Labute approximate surface area is 238 Å². The number of non-ortho nitro benzene ring substituents is 1. The number of anilines is 1. The first kappa shape index (κ1) is 27.1. The summed E-state index contributed by atoms with van der Waals surface area (Å²) < 4.78 is 25.7. The van der Waals surface area contributed by atoms with E-state index in [0.29, 0.717) is 46.5 Å². The van der Waals surface area contributed by atoms with Crippen LogP contribution in [0.3, 0.4) is 0 Å². The number of halogens is 1. The van der Waals surface area contributed by atoms with Gasteiger partial charge in [-0.1, -0.05) is 25.1 Å². The van der Waals surface area contributed by atoms with E-state index >= 15 is 0 Å². The van der Waals surface area contributed by atoms with E-state index in [1.165, 1.54) is 35.8 Å². The molecule has 4 heterocycles. The van der Waals surface area contributed by atoms with Crippen molar-refractivity contribution in [3.05, 3.63) is 97.1 Å². The zero-order chi connectivity index (χ0) is 29.8. The number of cyclic esters (lactones) is 1. The maximum absolute atomic E-state index is 13.8. The number of nitro benzene ring substituents is 1. The van der Waals surface area contributed by atoms with Crippen molar-refractivity contribution in [3.8, 4) is 11.4 Å². The molecule has 0 saturated carbocycles. The lowest BCUT2D eigenvalue weighted by molar-refractivity contribution is -0.383. The third kappa shape index (κ3) is 4.18. The predicted octanol–water partition coefficient (Wildman–Crippen LogP) is 4.35. The van der Waals surface area contributed by atoms with Crippen LogP contribution in [0.5, 0.6) is 0 Å². The van der Waals surface area contributed by atoms with E-state index in [4.69, 9.17) is 14.5 Å². The topological polar surface area (TPSA) is 143 Å². The maximum Gasteiger partial charge on any atom is 0.355 e. The molecular formula is C30H25FN4O7. The molecule has 12 heteroatoms. The highest BCUT2D eigenvalue weighted by molar-refractivity contribution is 6.03. The van der Waals surface area contributed by atoms with Crippen LogP contribution >= 0.6 is 0 Å². The summed E-state index contributed by atoms with van der Waals surface area (Å²) in [6, 6.07) is 12.3. The Bertz CT molecular complexity index is 1870. The molecule has 0 spiro atoms. The fourth-order valence-electron chi connectivity index (χ4n) is 5.84. The Balaban J connectivity index is 1.53. The van der Waals surface area contributed by atoms with Gasteiger partial charge in [0.1, 0.15) is 17.8 Å². The van der Waals surface area contributed by atoms with E-state index in [1.807, 2.05) is 0 Å². The van der Waals surface area contributed by atoms with Crippen LogP contribution in [0.25, 0.3) is 22.3 Å². The molecule has 6 rings (SSSR count). The number of carbonyl (C=O) groups is 2. The smallest absolute Gasteiger partial charge is 0.355 e. The van der Waals surface area contributed by atoms with Gasteiger partial charge in [-0.3, -0.25) is 19.7 Å². The summed E-state index contributed by atoms with van der Waals surface area (Å²) in [6.45, 7) is 2.98. The van der Waals surface area contributed by atoms with Crippen molar-refractivity contribution < 1.29 is 28.4 Å². The van der Waals surface area contributed by atoms with Gasteiger partial charge in [0.05, 0.1) is 39.6 Å². The number of carbonyl (C=O) groups excluding carboxylic acids is 2. The number of rotatable bonds is 7. The Kier molecular flexibility index (Phi) is 6.48. The molecule has 2 aliphatic rings. The molecular weight excluding hydrogens is 547 g/mol. The summed E-state index contributed by atoms with van der Waals surface area (Å²) in [5.74, 6) is -1.81. The molecule has 0 radical (unpaired) electrons. The van der Waals surface area contributed by atoms with Gasteiger partial charge in [-0.15, -0.1) is 0 Å². The monoisotopic (exact) mass is 572 g/mol. The molecule has 1 atom stereocenters. The number of ether oxygens (including phenoxy) is 2. The van der Waals surface area contributed by atoms with Gasteiger partial charge in [0.15, 0.2) is 0 Å². The molecule has 2 aliphatic heterocycles. The number of benzene rings is 2. The molecule has 0 unspecified atom stereocenters. The second-order valence-electron chi connectivity index (χ2n) is 10.2. The van der Waals surface area contributed by atoms with Gasteiger partial charge >= 0.3 is 11.9 Å². The summed E-state index contributed by atoms with van der Waals surface area (Å²) in [4.78, 5) is 55.1. The van der Waals surface area contributed by atoms with E-state index in [-0.39, 0.29) is 42.2 Å². The van der Waals surface area contributed by atoms with Crippen LogP contribution in [0.15, 0.2) is 53.3 Å². The molecule has 0 fully saturated rings. The molecule has 2 aromatic carbocycles. The van der Waals surface area contributed by atoms with Crippen LogP contribution in [0.1, 0.15) is 42.5 Å². The second-order valence-corrected chi connectivity index (χ2v) is 10.2. The quantitative estimate of drug-likeness (QED) is 0.171. The van der Waals surface area contributed by atoms with Gasteiger partial charge in [-0.25, -0.2) is 14.2 Å². The Morgan fingerprint density at radius 1 is 1.21 bits per heavy atom. The molecule has 0 saturated heterocycles. The fraction of sp³-hybridized carbons (Fsp3) is 0.267. The molecule has 4 aromatic rings. The first-order chi connectivity index (χ1) is 20.1. The number of pyridine rings is 2. The summed E-state index contributed by atoms with van der Waals surface area (Å²) >= 11 is 0. The van der Waals surface area contributed by atoms with Crippen molar-refractivity contribution in [2.45, 2.75) is 45.4 Å². The number of hydrogen-bond acceptors (Lipinski definition) is 9. The molecule has 2 aromatic heterocycles. The molecule has 0 amide bonds. The number of nitrogens with zero attached hydrogens (tertiary/aromatic N) is 3. The van der Waals surface area contributed by atoms with Gasteiger partial charge < -0.3 is 19.4 Å². The minimum absolute atomic E-state index is 0.0434. The van der Waals surface area contributed by atoms with E-state index in [2.05, 4.69) is 5.32 Å². The lowest BCUT2D eigenvalue weighted by Crippen LogP contribution is -2.47.